The van der Waals surface area contributed by atoms with E-state index in [1.807, 2.05) is 0 Å². The van der Waals surface area contributed by atoms with Crippen LogP contribution in [0.3, 0.4) is 0 Å². The van der Waals surface area contributed by atoms with Gasteiger partial charge in [0.15, 0.2) is 0 Å². The molecule has 1 aromatic rings. The van der Waals surface area contributed by atoms with Gasteiger partial charge in [0.1, 0.15) is 5.75 Å². The molecule has 0 heterocycles. The molecule has 1 saturated carbocycles. The molecule has 5 nitrogen and oxygen atoms in total. The monoisotopic (exact) mass is 332 g/mol. The van der Waals surface area contributed by atoms with E-state index in [0.717, 1.165) is 25.7 Å². The fourth-order valence-electron chi connectivity index (χ4n) is 2.93. The van der Waals surface area contributed by atoms with Gasteiger partial charge in [-0.2, -0.15) is 0 Å². The fraction of sp³-hybridized carbons (Fsp3) is 0.579. The van der Waals surface area contributed by atoms with Gasteiger partial charge in [0.05, 0.1) is 11.7 Å². The Labute approximate surface area is 144 Å². The minimum absolute atomic E-state index is 0.151. The highest BCUT2D eigenvalue weighted by molar-refractivity contribution is 5.99. The van der Waals surface area contributed by atoms with Crippen LogP contribution in [0.5, 0.6) is 5.75 Å². The Balaban J connectivity index is 2.16. The summed E-state index contributed by atoms with van der Waals surface area (Å²) in [4.78, 5) is 23.8. The van der Waals surface area contributed by atoms with Gasteiger partial charge in [0.2, 0.25) is 5.91 Å². The van der Waals surface area contributed by atoms with Gasteiger partial charge in [-0.25, -0.2) is 0 Å². The van der Waals surface area contributed by atoms with Crippen molar-refractivity contribution in [3.63, 3.8) is 0 Å². The van der Waals surface area contributed by atoms with Crippen molar-refractivity contribution in [3.05, 3.63) is 23.8 Å². The lowest BCUT2D eigenvalue weighted by molar-refractivity contribution is -0.114. The summed E-state index contributed by atoms with van der Waals surface area (Å²) in [5.41, 5.74) is 1.10. The smallest absolute Gasteiger partial charge is 0.255 e. The molecule has 0 radical (unpaired) electrons. The third-order valence-corrected chi connectivity index (χ3v) is 4.21. The van der Waals surface area contributed by atoms with Crippen LogP contribution in [-0.4, -0.2) is 24.5 Å². The third-order valence-electron chi connectivity index (χ3n) is 4.21. The van der Waals surface area contributed by atoms with Crippen molar-refractivity contribution in [2.24, 2.45) is 0 Å². The highest BCUT2D eigenvalue weighted by Gasteiger charge is 2.19. The first-order chi connectivity index (χ1) is 11.6. The molecule has 0 unspecified atom stereocenters. The molecule has 0 saturated heterocycles. The predicted molar refractivity (Wildman–Crippen MR) is 95.5 cm³/mol. The van der Waals surface area contributed by atoms with E-state index in [9.17, 15) is 9.59 Å². The molecule has 0 atom stereocenters. The van der Waals surface area contributed by atoms with Crippen LogP contribution >= 0.6 is 0 Å². The third kappa shape index (κ3) is 5.55. The molecule has 1 aliphatic carbocycles. The Morgan fingerprint density at radius 1 is 1.21 bits per heavy atom. The van der Waals surface area contributed by atoms with Crippen LogP contribution < -0.4 is 15.4 Å². The number of anilines is 1. The van der Waals surface area contributed by atoms with Crippen molar-refractivity contribution in [1.82, 2.24) is 5.32 Å². The van der Waals surface area contributed by atoms with Crippen molar-refractivity contribution in [2.75, 3.05) is 11.9 Å². The Morgan fingerprint density at radius 3 is 2.62 bits per heavy atom. The number of nitrogens with one attached hydrogen (secondary N) is 2. The topological polar surface area (TPSA) is 67.4 Å². The molecule has 1 fully saturated rings. The largest absolute Gasteiger partial charge is 0.490 e. The van der Waals surface area contributed by atoms with E-state index in [1.54, 1.807) is 18.2 Å². The lowest BCUT2D eigenvalue weighted by atomic mass is 9.97. The summed E-state index contributed by atoms with van der Waals surface area (Å²) in [5, 5.41) is 5.65. The van der Waals surface area contributed by atoms with Crippen LogP contribution in [0.2, 0.25) is 0 Å². The maximum atomic E-state index is 12.5. The van der Waals surface area contributed by atoms with E-state index < -0.39 is 0 Å². The Bertz CT molecular complexity index is 566. The molecule has 0 aromatic heterocycles. The van der Waals surface area contributed by atoms with E-state index in [4.69, 9.17) is 4.74 Å². The van der Waals surface area contributed by atoms with Crippen molar-refractivity contribution in [3.8, 4) is 5.75 Å². The molecule has 0 spiro atoms. The molecule has 1 aliphatic rings. The molecule has 0 bridgehead atoms. The molecule has 132 valence electrons. The average molecular weight is 332 g/mol. The van der Waals surface area contributed by atoms with Crippen LogP contribution in [-0.2, 0) is 4.79 Å². The molecule has 24 heavy (non-hydrogen) atoms. The maximum Gasteiger partial charge on any atom is 0.255 e. The maximum absolute atomic E-state index is 12.5. The van der Waals surface area contributed by atoms with Crippen molar-refractivity contribution in [2.45, 2.75) is 64.9 Å². The summed E-state index contributed by atoms with van der Waals surface area (Å²) >= 11 is 0. The lowest BCUT2D eigenvalue weighted by Gasteiger charge is -2.24. The number of unbranched alkanes of at least 4 members (excludes halogenated alkanes) is 1. The zero-order valence-corrected chi connectivity index (χ0v) is 14.7. The molecule has 1 aromatic carbocycles. The molecule has 2 amide bonds. The number of hydrogen-bond acceptors (Lipinski definition) is 3. The number of rotatable bonds is 7. The number of ether oxygens (including phenoxy) is 1. The van der Waals surface area contributed by atoms with Gasteiger partial charge in [0.25, 0.3) is 5.91 Å². The number of benzene rings is 1. The van der Waals surface area contributed by atoms with Crippen LogP contribution in [0.25, 0.3) is 0 Å². The van der Waals surface area contributed by atoms with Crippen LogP contribution in [0.4, 0.5) is 5.69 Å². The van der Waals surface area contributed by atoms with Gasteiger partial charge in [-0.15, -0.1) is 0 Å². The zero-order chi connectivity index (χ0) is 17.4. The molecule has 5 heteroatoms. The number of amides is 2. The van der Waals surface area contributed by atoms with Crippen LogP contribution in [0.1, 0.15) is 69.2 Å². The van der Waals surface area contributed by atoms with Gasteiger partial charge in [-0.1, -0.05) is 19.8 Å². The van der Waals surface area contributed by atoms with E-state index in [1.165, 1.54) is 26.2 Å². The number of carbonyl (C=O) groups is 2. The first-order valence-electron chi connectivity index (χ1n) is 8.96. The second-order valence-electron chi connectivity index (χ2n) is 6.38. The summed E-state index contributed by atoms with van der Waals surface area (Å²) in [6.45, 7) is 4.18. The number of hydrogen-bond donors (Lipinski definition) is 2. The van der Waals surface area contributed by atoms with Gasteiger partial charge in [-0.3, -0.25) is 9.59 Å². The van der Waals surface area contributed by atoms with Crippen LogP contribution in [0, 0.1) is 0 Å². The summed E-state index contributed by atoms with van der Waals surface area (Å²) in [6.07, 6.45) is 7.81. The SMILES string of the molecule is CCCCNC(=O)c1cc(NC(C)=O)ccc1OC1CCCCC1. The Hall–Kier alpha value is -2.04. The first-order valence-corrected chi connectivity index (χ1v) is 8.96. The van der Waals surface area contributed by atoms with Crippen molar-refractivity contribution in [1.29, 1.82) is 0 Å². The van der Waals surface area contributed by atoms with Crippen molar-refractivity contribution < 1.29 is 14.3 Å². The summed E-state index contributed by atoms with van der Waals surface area (Å²) < 4.78 is 6.10. The second-order valence-corrected chi connectivity index (χ2v) is 6.38. The van der Waals surface area contributed by atoms with E-state index in [-0.39, 0.29) is 17.9 Å². The normalized spacial score (nSPS) is 14.9. The zero-order valence-electron chi connectivity index (χ0n) is 14.7. The first kappa shape index (κ1) is 18.3. The minimum atomic E-state index is -0.159. The standard InChI is InChI=1S/C19H28N2O3/c1-3-4-12-20-19(23)17-13-15(21-14(2)22)10-11-18(17)24-16-8-6-5-7-9-16/h10-11,13,16H,3-9,12H2,1-2H3,(H,20,23)(H,21,22). The molecule has 0 aliphatic heterocycles. The molecule has 2 rings (SSSR count). The Kier molecular flexibility index (Phi) is 7.09. The molecular formula is C19H28N2O3. The van der Waals surface area contributed by atoms with Crippen LogP contribution in [0.15, 0.2) is 18.2 Å². The fourth-order valence-corrected chi connectivity index (χ4v) is 2.93. The summed E-state index contributed by atoms with van der Waals surface area (Å²) in [7, 11) is 0. The average Bonchev–Trinajstić information content (AvgIpc) is 2.57. The minimum Gasteiger partial charge on any atom is -0.490 e. The second kappa shape index (κ2) is 9.30. The Morgan fingerprint density at radius 2 is 1.96 bits per heavy atom. The molecule has 2 N–H and O–H groups in total. The van der Waals surface area contributed by atoms with E-state index in [0.29, 0.717) is 23.5 Å². The highest BCUT2D eigenvalue weighted by atomic mass is 16.5. The summed E-state index contributed by atoms with van der Waals surface area (Å²) in [6, 6.07) is 5.26. The number of carbonyl (C=O) groups excluding carboxylic acids is 2. The van der Waals surface area contributed by atoms with E-state index in [2.05, 4.69) is 17.6 Å². The van der Waals surface area contributed by atoms with Crippen molar-refractivity contribution >= 4 is 17.5 Å². The van der Waals surface area contributed by atoms with Gasteiger partial charge in [-0.05, 0) is 50.3 Å². The lowest BCUT2D eigenvalue weighted by Crippen LogP contribution is -2.27. The van der Waals surface area contributed by atoms with Gasteiger partial charge >= 0.3 is 0 Å². The van der Waals surface area contributed by atoms with Gasteiger partial charge < -0.3 is 15.4 Å². The van der Waals surface area contributed by atoms with E-state index >= 15 is 0 Å². The highest BCUT2D eigenvalue weighted by Crippen LogP contribution is 2.28. The summed E-state index contributed by atoms with van der Waals surface area (Å²) in [5.74, 6) is 0.291. The van der Waals surface area contributed by atoms with Gasteiger partial charge in [0, 0.05) is 19.2 Å². The quantitative estimate of drug-likeness (QED) is 0.745. The molecular weight excluding hydrogens is 304 g/mol. The predicted octanol–water partition coefficient (Wildman–Crippen LogP) is 3.89.